The maximum Gasteiger partial charge on any atom is 0.336 e. The first kappa shape index (κ1) is 16.1. The van der Waals surface area contributed by atoms with Crippen LogP contribution in [0.25, 0.3) is 0 Å². The monoisotopic (exact) mass is 244 g/mol. The Labute approximate surface area is 103 Å². The van der Waals surface area contributed by atoms with Gasteiger partial charge in [-0.05, 0) is 12.3 Å². The topological polar surface area (TPSA) is 66.8 Å². The van der Waals surface area contributed by atoms with E-state index in [2.05, 4.69) is 20.4 Å². The number of unbranched alkanes of at least 4 members (excludes halogenated alkanes) is 1. The van der Waals surface area contributed by atoms with E-state index in [1.807, 2.05) is 0 Å². The predicted molar refractivity (Wildman–Crippen MR) is 66.5 cm³/mol. The lowest BCUT2D eigenvalue weighted by Crippen LogP contribution is -2.24. The number of carbonyl (C=O) groups is 1. The lowest BCUT2D eigenvalue weighted by molar-refractivity contribution is -0.141. The SMILES string of the molecule is C=C(C(=O)OCC(CC)CCCC)C(O)CO. The maximum absolute atomic E-state index is 11.4. The highest BCUT2D eigenvalue weighted by Gasteiger charge is 2.18. The minimum absolute atomic E-state index is 0.0853. The molecule has 0 spiro atoms. The first-order valence-corrected chi connectivity index (χ1v) is 6.21. The van der Waals surface area contributed by atoms with Crippen molar-refractivity contribution in [2.24, 2.45) is 5.92 Å². The van der Waals surface area contributed by atoms with E-state index in [0.29, 0.717) is 12.5 Å². The molecule has 0 aromatic heterocycles. The molecule has 100 valence electrons. The zero-order chi connectivity index (χ0) is 13.3. The summed E-state index contributed by atoms with van der Waals surface area (Å²) in [4.78, 5) is 11.4. The van der Waals surface area contributed by atoms with E-state index in [4.69, 9.17) is 9.84 Å². The van der Waals surface area contributed by atoms with Crippen molar-refractivity contribution < 1.29 is 19.7 Å². The Morgan fingerprint density at radius 1 is 1.41 bits per heavy atom. The van der Waals surface area contributed by atoms with Crippen LogP contribution in [0.2, 0.25) is 0 Å². The first-order chi connectivity index (χ1) is 8.06. The van der Waals surface area contributed by atoms with E-state index in [0.717, 1.165) is 25.7 Å². The van der Waals surface area contributed by atoms with Crippen molar-refractivity contribution >= 4 is 5.97 Å². The van der Waals surface area contributed by atoms with Gasteiger partial charge < -0.3 is 14.9 Å². The molecule has 0 aliphatic carbocycles. The molecule has 0 saturated carbocycles. The van der Waals surface area contributed by atoms with Gasteiger partial charge in [-0.3, -0.25) is 0 Å². The first-order valence-electron chi connectivity index (χ1n) is 6.21. The fourth-order valence-electron chi connectivity index (χ4n) is 1.43. The molecular weight excluding hydrogens is 220 g/mol. The molecule has 2 unspecified atom stereocenters. The van der Waals surface area contributed by atoms with Gasteiger partial charge >= 0.3 is 5.97 Å². The molecule has 0 aliphatic rings. The van der Waals surface area contributed by atoms with Crippen LogP contribution in [0.5, 0.6) is 0 Å². The minimum atomic E-state index is -1.22. The van der Waals surface area contributed by atoms with Crippen LogP contribution in [0.15, 0.2) is 12.2 Å². The summed E-state index contributed by atoms with van der Waals surface area (Å²) in [5.74, 6) is -0.264. The van der Waals surface area contributed by atoms with Gasteiger partial charge in [0, 0.05) is 0 Å². The standard InChI is InChI=1S/C13H24O4/c1-4-6-7-11(5-2)9-17-13(16)10(3)12(15)8-14/h11-12,14-15H,3-9H2,1-2H3. The van der Waals surface area contributed by atoms with Crippen molar-refractivity contribution in [2.75, 3.05) is 13.2 Å². The molecule has 2 N–H and O–H groups in total. The fraction of sp³-hybridized carbons (Fsp3) is 0.769. The molecule has 0 radical (unpaired) electrons. The number of esters is 1. The van der Waals surface area contributed by atoms with Gasteiger partial charge in [-0.15, -0.1) is 0 Å². The smallest absolute Gasteiger partial charge is 0.336 e. The van der Waals surface area contributed by atoms with E-state index < -0.39 is 18.7 Å². The van der Waals surface area contributed by atoms with E-state index >= 15 is 0 Å². The number of carbonyl (C=O) groups excluding carboxylic acids is 1. The number of aliphatic hydroxyl groups is 2. The highest BCUT2D eigenvalue weighted by Crippen LogP contribution is 2.14. The molecule has 0 rings (SSSR count). The summed E-state index contributed by atoms with van der Waals surface area (Å²) in [6, 6.07) is 0. The summed E-state index contributed by atoms with van der Waals surface area (Å²) in [7, 11) is 0. The Bertz CT molecular complexity index is 238. The quantitative estimate of drug-likeness (QED) is 0.478. The van der Waals surface area contributed by atoms with Gasteiger partial charge in [0.15, 0.2) is 0 Å². The second kappa shape index (κ2) is 9.19. The molecule has 0 amide bonds. The van der Waals surface area contributed by atoms with Gasteiger partial charge in [-0.2, -0.15) is 0 Å². The summed E-state index contributed by atoms with van der Waals surface area (Å²) < 4.78 is 5.07. The summed E-state index contributed by atoms with van der Waals surface area (Å²) in [6.45, 7) is 7.43. The molecule has 0 saturated heterocycles. The van der Waals surface area contributed by atoms with Crippen LogP contribution in [0.3, 0.4) is 0 Å². The summed E-state index contributed by atoms with van der Waals surface area (Å²) >= 11 is 0. The molecule has 0 aromatic carbocycles. The number of hydrogen-bond donors (Lipinski definition) is 2. The van der Waals surface area contributed by atoms with Gasteiger partial charge in [0.25, 0.3) is 0 Å². The van der Waals surface area contributed by atoms with E-state index in [-0.39, 0.29) is 5.57 Å². The van der Waals surface area contributed by atoms with Gasteiger partial charge in [-0.1, -0.05) is 39.7 Å². The molecule has 0 heterocycles. The van der Waals surface area contributed by atoms with Gasteiger partial charge in [0.05, 0.1) is 18.8 Å². The fourth-order valence-corrected chi connectivity index (χ4v) is 1.43. The largest absolute Gasteiger partial charge is 0.462 e. The molecular formula is C13H24O4. The second-order valence-electron chi connectivity index (χ2n) is 4.24. The molecule has 4 heteroatoms. The normalized spacial score (nSPS) is 14.1. The zero-order valence-corrected chi connectivity index (χ0v) is 10.8. The molecule has 4 nitrogen and oxygen atoms in total. The van der Waals surface area contributed by atoms with Crippen molar-refractivity contribution in [3.8, 4) is 0 Å². The predicted octanol–water partition coefficient (Wildman–Crippen LogP) is 1.66. The zero-order valence-electron chi connectivity index (χ0n) is 10.8. The Morgan fingerprint density at radius 2 is 2.06 bits per heavy atom. The lowest BCUT2D eigenvalue weighted by Gasteiger charge is -2.16. The Hall–Kier alpha value is -0.870. The number of aliphatic hydroxyl groups excluding tert-OH is 2. The van der Waals surface area contributed by atoms with Crippen LogP contribution >= 0.6 is 0 Å². The maximum atomic E-state index is 11.4. The van der Waals surface area contributed by atoms with E-state index in [1.165, 1.54) is 0 Å². The average molecular weight is 244 g/mol. The molecule has 0 fully saturated rings. The summed E-state index contributed by atoms with van der Waals surface area (Å²) in [5.41, 5.74) is -0.0853. The van der Waals surface area contributed by atoms with Crippen LogP contribution in [-0.4, -0.2) is 35.5 Å². The molecule has 0 aromatic rings. The molecule has 0 bridgehead atoms. The van der Waals surface area contributed by atoms with Crippen LogP contribution < -0.4 is 0 Å². The van der Waals surface area contributed by atoms with Crippen molar-refractivity contribution in [3.63, 3.8) is 0 Å². The van der Waals surface area contributed by atoms with Crippen LogP contribution in [-0.2, 0) is 9.53 Å². The molecule has 0 aliphatic heterocycles. The van der Waals surface area contributed by atoms with Crippen LogP contribution in [0.1, 0.15) is 39.5 Å². The highest BCUT2D eigenvalue weighted by atomic mass is 16.5. The van der Waals surface area contributed by atoms with Crippen LogP contribution in [0, 0.1) is 5.92 Å². The average Bonchev–Trinajstić information content (AvgIpc) is 2.36. The van der Waals surface area contributed by atoms with E-state index in [9.17, 15) is 9.90 Å². The third-order valence-corrected chi connectivity index (χ3v) is 2.83. The van der Waals surface area contributed by atoms with Gasteiger partial charge in [-0.25, -0.2) is 4.79 Å². The third-order valence-electron chi connectivity index (χ3n) is 2.83. The third kappa shape index (κ3) is 6.44. The highest BCUT2D eigenvalue weighted by molar-refractivity contribution is 5.88. The van der Waals surface area contributed by atoms with Crippen molar-refractivity contribution in [1.29, 1.82) is 0 Å². The second-order valence-corrected chi connectivity index (χ2v) is 4.24. The van der Waals surface area contributed by atoms with Crippen molar-refractivity contribution in [3.05, 3.63) is 12.2 Å². The lowest BCUT2D eigenvalue weighted by atomic mass is 10.0. The Kier molecular flexibility index (Phi) is 8.72. The number of ether oxygens (including phenoxy) is 1. The van der Waals surface area contributed by atoms with Crippen molar-refractivity contribution in [2.45, 2.75) is 45.6 Å². The Morgan fingerprint density at radius 3 is 2.53 bits per heavy atom. The van der Waals surface area contributed by atoms with Crippen LogP contribution in [0.4, 0.5) is 0 Å². The molecule has 17 heavy (non-hydrogen) atoms. The summed E-state index contributed by atoms with van der Waals surface area (Å²) in [6.07, 6.45) is 3.02. The minimum Gasteiger partial charge on any atom is -0.462 e. The Balaban J connectivity index is 3.99. The van der Waals surface area contributed by atoms with Crippen molar-refractivity contribution in [1.82, 2.24) is 0 Å². The van der Waals surface area contributed by atoms with E-state index in [1.54, 1.807) is 0 Å². The number of rotatable bonds is 9. The van der Waals surface area contributed by atoms with Gasteiger partial charge in [0.2, 0.25) is 0 Å². The summed E-state index contributed by atoms with van der Waals surface area (Å²) in [5, 5.41) is 17.9. The molecule has 2 atom stereocenters. The van der Waals surface area contributed by atoms with Gasteiger partial charge in [0.1, 0.15) is 6.10 Å². The number of hydrogen-bond acceptors (Lipinski definition) is 4.